The highest BCUT2D eigenvalue weighted by Gasteiger charge is 2.22. The highest BCUT2D eigenvalue weighted by molar-refractivity contribution is 9.10. The fraction of sp³-hybridized carbons (Fsp3) is 0.238. The summed E-state index contributed by atoms with van der Waals surface area (Å²) in [7, 11) is 1.51. The van der Waals surface area contributed by atoms with Gasteiger partial charge in [0.05, 0.1) is 24.9 Å². The number of hydrogen-bond acceptors (Lipinski definition) is 8. The fourth-order valence-corrected chi connectivity index (χ4v) is 4.55. The van der Waals surface area contributed by atoms with Crippen molar-refractivity contribution in [1.82, 2.24) is 9.55 Å². The number of carbonyl (C=O) groups is 2. The van der Waals surface area contributed by atoms with Gasteiger partial charge in [-0.2, -0.15) is 0 Å². The molecule has 8 nitrogen and oxygen atoms in total. The molecule has 0 saturated carbocycles. The molecule has 0 unspecified atom stereocenters. The number of hydrogen-bond donors (Lipinski definition) is 0. The predicted octanol–water partition coefficient (Wildman–Crippen LogP) is 3.96. The Morgan fingerprint density at radius 3 is 2.84 bits per heavy atom. The van der Waals surface area contributed by atoms with Crippen molar-refractivity contribution in [2.24, 2.45) is 0 Å². The van der Waals surface area contributed by atoms with Crippen LogP contribution in [0.2, 0.25) is 0 Å². The summed E-state index contributed by atoms with van der Waals surface area (Å²) in [5.41, 5.74) is 0.662. The first-order chi connectivity index (χ1) is 14.9. The SMILES string of the molecule is COCCOC(=O)c1sc2ncn(CC(=O)c3cc4cc(Br)ccc4o3)c(=O)c2c1C. The summed E-state index contributed by atoms with van der Waals surface area (Å²) >= 11 is 4.47. The molecule has 0 fully saturated rings. The molecule has 0 radical (unpaired) electrons. The van der Waals surface area contributed by atoms with Gasteiger partial charge in [-0.3, -0.25) is 14.2 Å². The van der Waals surface area contributed by atoms with E-state index in [-0.39, 0.29) is 31.3 Å². The van der Waals surface area contributed by atoms with E-state index in [0.29, 0.717) is 26.2 Å². The summed E-state index contributed by atoms with van der Waals surface area (Å²) in [6, 6.07) is 7.07. The minimum absolute atomic E-state index is 0.114. The second-order valence-corrected chi connectivity index (χ2v) is 8.67. The molecule has 0 atom stereocenters. The van der Waals surface area contributed by atoms with E-state index in [9.17, 15) is 14.4 Å². The van der Waals surface area contributed by atoms with Gasteiger partial charge in [0.1, 0.15) is 21.9 Å². The maximum Gasteiger partial charge on any atom is 0.348 e. The number of carbonyl (C=O) groups excluding carboxylic acids is 2. The summed E-state index contributed by atoms with van der Waals surface area (Å²) in [6.07, 6.45) is 1.30. The second kappa shape index (κ2) is 8.74. The molecule has 0 aliphatic carbocycles. The first-order valence-corrected chi connectivity index (χ1v) is 10.9. The number of ketones is 1. The molecule has 0 amide bonds. The van der Waals surface area contributed by atoms with Gasteiger partial charge < -0.3 is 13.9 Å². The van der Waals surface area contributed by atoms with Gasteiger partial charge in [0, 0.05) is 17.0 Å². The fourth-order valence-electron chi connectivity index (χ4n) is 3.13. The zero-order valence-electron chi connectivity index (χ0n) is 16.6. The number of aryl methyl sites for hydroxylation is 1. The zero-order valence-corrected chi connectivity index (χ0v) is 19.0. The average molecular weight is 505 g/mol. The van der Waals surface area contributed by atoms with Crippen molar-refractivity contribution in [2.75, 3.05) is 20.3 Å². The maximum absolute atomic E-state index is 13.0. The van der Waals surface area contributed by atoms with Crippen LogP contribution in [0.15, 0.2) is 44.3 Å². The van der Waals surface area contributed by atoms with Crippen molar-refractivity contribution < 1.29 is 23.5 Å². The summed E-state index contributed by atoms with van der Waals surface area (Å²) < 4.78 is 17.7. The Balaban J connectivity index is 1.62. The number of furan rings is 1. The molecule has 1 aromatic carbocycles. The number of halogens is 1. The number of Topliss-reactive ketones (excluding diaryl/α,β-unsaturated/α-hetero) is 1. The van der Waals surface area contributed by atoms with Gasteiger partial charge in [0.2, 0.25) is 5.78 Å². The third kappa shape index (κ3) is 4.18. The summed E-state index contributed by atoms with van der Waals surface area (Å²) in [5.74, 6) is -0.736. The van der Waals surface area contributed by atoms with Gasteiger partial charge >= 0.3 is 5.97 Å². The smallest absolute Gasteiger partial charge is 0.348 e. The van der Waals surface area contributed by atoms with E-state index in [1.165, 1.54) is 18.0 Å². The normalized spacial score (nSPS) is 11.3. The largest absolute Gasteiger partial charge is 0.459 e. The number of thiophene rings is 1. The van der Waals surface area contributed by atoms with E-state index in [4.69, 9.17) is 13.9 Å². The van der Waals surface area contributed by atoms with Gasteiger partial charge in [-0.05, 0) is 36.8 Å². The first-order valence-electron chi connectivity index (χ1n) is 9.26. The predicted molar refractivity (Wildman–Crippen MR) is 119 cm³/mol. The summed E-state index contributed by atoms with van der Waals surface area (Å²) in [5, 5.41) is 1.08. The summed E-state index contributed by atoms with van der Waals surface area (Å²) in [4.78, 5) is 43.0. The molecule has 3 aromatic heterocycles. The lowest BCUT2D eigenvalue weighted by atomic mass is 10.2. The van der Waals surface area contributed by atoms with E-state index >= 15 is 0 Å². The molecule has 0 bridgehead atoms. The second-order valence-electron chi connectivity index (χ2n) is 6.76. The molecule has 0 spiro atoms. The molecule has 160 valence electrons. The monoisotopic (exact) mass is 504 g/mol. The number of benzene rings is 1. The van der Waals surface area contributed by atoms with E-state index in [1.807, 2.05) is 12.1 Å². The molecule has 4 aromatic rings. The van der Waals surface area contributed by atoms with Crippen LogP contribution in [0.25, 0.3) is 21.2 Å². The average Bonchev–Trinajstić information content (AvgIpc) is 3.31. The Bertz CT molecular complexity index is 1370. The van der Waals surface area contributed by atoms with Crippen LogP contribution in [-0.4, -0.2) is 41.6 Å². The zero-order chi connectivity index (χ0) is 22.1. The third-order valence-corrected chi connectivity index (χ3v) is 6.36. The first kappa shape index (κ1) is 21.4. The van der Waals surface area contributed by atoms with Gasteiger partial charge in [0.25, 0.3) is 5.56 Å². The van der Waals surface area contributed by atoms with Crippen LogP contribution in [0.1, 0.15) is 25.8 Å². The Morgan fingerprint density at radius 2 is 2.06 bits per heavy atom. The van der Waals surface area contributed by atoms with Crippen molar-refractivity contribution in [3.05, 3.63) is 61.6 Å². The number of rotatable bonds is 7. The number of nitrogens with zero attached hydrogens (tertiary/aromatic N) is 2. The Hall–Kier alpha value is -2.82. The quantitative estimate of drug-likeness (QED) is 0.213. The molecule has 0 saturated heterocycles. The number of methoxy groups -OCH3 is 1. The highest BCUT2D eigenvalue weighted by atomic mass is 79.9. The van der Waals surface area contributed by atoms with Crippen molar-refractivity contribution in [2.45, 2.75) is 13.5 Å². The lowest BCUT2D eigenvalue weighted by Crippen LogP contribution is -2.24. The van der Waals surface area contributed by atoms with Gasteiger partial charge in [-0.1, -0.05) is 15.9 Å². The molecule has 10 heteroatoms. The molecule has 31 heavy (non-hydrogen) atoms. The lowest BCUT2D eigenvalue weighted by molar-refractivity contribution is 0.0393. The van der Waals surface area contributed by atoms with Crippen LogP contribution < -0.4 is 5.56 Å². The van der Waals surface area contributed by atoms with Crippen molar-refractivity contribution >= 4 is 60.2 Å². The molecular weight excluding hydrogens is 488 g/mol. The molecule has 4 rings (SSSR count). The number of esters is 1. The standard InChI is InChI=1S/C21H17BrN2O6S/c1-11-17-19(31-18(11)21(27)29-6-5-28-2)23-10-24(20(17)26)9-14(25)16-8-12-7-13(22)3-4-15(12)30-16/h3-4,7-8,10H,5-6,9H2,1-2H3. The Kier molecular flexibility index (Phi) is 6.03. The molecular formula is C21H17BrN2O6S. The molecule has 3 heterocycles. The number of fused-ring (bicyclic) bond motifs is 2. The van der Waals surface area contributed by atoms with Crippen LogP contribution >= 0.6 is 27.3 Å². The van der Waals surface area contributed by atoms with Crippen LogP contribution in [0.4, 0.5) is 0 Å². The van der Waals surface area contributed by atoms with Crippen LogP contribution in [-0.2, 0) is 16.0 Å². The minimum atomic E-state index is -0.534. The number of ether oxygens (including phenoxy) is 2. The Labute approximate surface area is 188 Å². The van der Waals surface area contributed by atoms with Crippen molar-refractivity contribution in [3.8, 4) is 0 Å². The van der Waals surface area contributed by atoms with Gasteiger partial charge in [-0.15, -0.1) is 11.3 Å². The highest BCUT2D eigenvalue weighted by Crippen LogP contribution is 2.28. The molecule has 0 aliphatic heterocycles. The Morgan fingerprint density at radius 1 is 1.26 bits per heavy atom. The van der Waals surface area contributed by atoms with E-state index < -0.39 is 11.5 Å². The lowest BCUT2D eigenvalue weighted by Gasteiger charge is -2.04. The number of aromatic nitrogens is 2. The molecule has 0 aliphatic rings. The maximum atomic E-state index is 13.0. The van der Waals surface area contributed by atoms with Crippen LogP contribution in [0.5, 0.6) is 0 Å². The molecule has 0 N–H and O–H groups in total. The third-order valence-electron chi connectivity index (χ3n) is 4.69. The summed E-state index contributed by atoms with van der Waals surface area (Å²) in [6.45, 7) is 1.83. The van der Waals surface area contributed by atoms with Gasteiger partial charge in [-0.25, -0.2) is 9.78 Å². The van der Waals surface area contributed by atoms with Crippen LogP contribution in [0.3, 0.4) is 0 Å². The van der Waals surface area contributed by atoms with Gasteiger partial charge in [0.15, 0.2) is 5.76 Å². The van der Waals surface area contributed by atoms with Crippen molar-refractivity contribution in [1.29, 1.82) is 0 Å². The topological polar surface area (TPSA) is 101 Å². The van der Waals surface area contributed by atoms with E-state index in [0.717, 1.165) is 21.2 Å². The van der Waals surface area contributed by atoms with E-state index in [1.54, 1.807) is 19.1 Å². The van der Waals surface area contributed by atoms with Crippen LogP contribution in [0, 0.1) is 6.92 Å². The van der Waals surface area contributed by atoms with E-state index in [2.05, 4.69) is 20.9 Å². The minimum Gasteiger partial charge on any atom is -0.459 e. The van der Waals surface area contributed by atoms with Crippen molar-refractivity contribution in [3.63, 3.8) is 0 Å².